The van der Waals surface area contributed by atoms with E-state index in [0.717, 1.165) is 17.2 Å². The van der Waals surface area contributed by atoms with Gasteiger partial charge in [-0.1, -0.05) is 13.8 Å². The molecule has 2 heterocycles. The van der Waals surface area contributed by atoms with Gasteiger partial charge in [0.05, 0.1) is 11.4 Å². The summed E-state index contributed by atoms with van der Waals surface area (Å²) >= 11 is 0. The highest BCUT2D eigenvalue weighted by Gasteiger charge is 2.10. The molecule has 84 valence electrons. The number of nitrogen functional groups attached to an aromatic ring is 1. The molecule has 0 fully saturated rings. The van der Waals surface area contributed by atoms with Crippen molar-refractivity contribution in [1.82, 2.24) is 19.7 Å². The SMILES string of the molecule is CC(C)c1nc(N)cc(-c2ccnn2C)n1. The van der Waals surface area contributed by atoms with Crippen LogP contribution in [0.3, 0.4) is 0 Å². The molecule has 2 aromatic rings. The standard InChI is InChI=1S/C11H15N5/c1-7(2)11-14-8(6-10(12)15-11)9-4-5-13-16(9)3/h4-7H,1-3H3,(H2,12,14,15). The fourth-order valence-corrected chi connectivity index (χ4v) is 1.50. The Balaban J connectivity index is 2.54. The average Bonchev–Trinajstić information content (AvgIpc) is 2.63. The molecule has 0 atom stereocenters. The zero-order chi connectivity index (χ0) is 11.7. The molecule has 2 rings (SSSR count). The number of hydrogen-bond donors (Lipinski definition) is 1. The highest BCUT2D eigenvalue weighted by atomic mass is 15.3. The van der Waals surface area contributed by atoms with E-state index in [4.69, 9.17) is 5.73 Å². The third kappa shape index (κ3) is 1.88. The fraction of sp³-hybridized carbons (Fsp3) is 0.364. The first-order chi connectivity index (χ1) is 7.58. The number of nitrogens with two attached hydrogens (primary N) is 1. The molecule has 5 heteroatoms. The second kappa shape index (κ2) is 3.92. The van der Waals surface area contributed by atoms with Crippen molar-refractivity contribution >= 4 is 5.82 Å². The van der Waals surface area contributed by atoms with Gasteiger partial charge in [0.1, 0.15) is 11.6 Å². The zero-order valence-electron chi connectivity index (χ0n) is 9.68. The van der Waals surface area contributed by atoms with Crippen LogP contribution in [-0.4, -0.2) is 19.7 Å². The Kier molecular flexibility index (Phi) is 2.60. The second-order valence-electron chi connectivity index (χ2n) is 4.03. The van der Waals surface area contributed by atoms with Gasteiger partial charge in [-0.05, 0) is 6.07 Å². The van der Waals surface area contributed by atoms with Crippen LogP contribution in [0.1, 0.15) is 25.6 Å². The summed E-state index contributed by atoms with van der Waals surface area (Å²) in [6, 6.07) is 3.68. The Morgan fingerprint density at radius 3 is 2.62 bits per heavy atom. The summed E-state index contributed by atoms with van der Waals surface area (Å²) in [7, 11) is 1.88. The Bertz CT molecular complexity index is 501. The summed E-state index contributed by atoms with van der Waals surface area (Å²) in [4.78, 5) is 8.69. The number of aromatic nitrogens is 4. The van der Waals surface area contributed by atoms with Crippen LogP contribution in [-0.2, 0) is 7.05 Å². The molecular formula is C11H15N5. The number of hydrogen-bond acceptors (Lipinski definition) is 4. The topological polar surface area (TPSA) is 69.6 Å². The number of aryl methyl sites for hydroxylation is 1. The van der Waals surface area contributed by atoms with E-state index in [-0.39, 0.29) is 5.92 Å². The summed E-state index contributed by atoms with van der Waals surface area (Å²) in [5.74, 6) is 1.52. The monoisotopic (exact) mass is 217 g/mol. The van der Waals surface area contributed by atoms with E-state index in [1.165, 1.54) is 0 Å². The Labute approximate surface area is 94.3 Å². The fourth-order valence-electron chi connectivity index (χ4n) is 1.50. The van der Waals surface area contributed by atoms with Gasteiger partial charge in [-0.2, -0.15) is 5.10 Å². The van der Waals surface area contributed by atoms with Crippen LogP contribution >= 0.6 is 0 Å². The van der Waals surface area contributed by atoms with Gasteiger partial charge in [0.2, 0.25) is 0 Å². The van der Waals surface area contributed by atoms with Gasteiger partial charge in [0.25, 0.3) is 0 Å². The van der Waals surface area contributed by atoms with Crippen LogP contribution in [0.2, 0.25) is 0 Å². The molecule has 0 saturated heterocycles. The van der Waals surface area contributed by atoms with Gasteiger partial charge >= 0.3 is 0 Å². The first-order valence-corrected chi connectivity index (χ1v) is 5.20. The van der Waals surface area contributed by atoms with Crippen molar-refractivity contribution in [2.75, 3.05) is 5.73 Å². The van der Waals surface area contributed by atoms with Gasteiger partial charge in [-0.15, -0.1) is 0 Å². The highest BCUT2D eigenvalue weighted by molar-refractivity contribution is 5.57. The third-order valence-electron chi connectivity index (χ3n) is 2.36. The molecule has 0 unspecified atom stereocenters. The average molecular weight is 217 g/mol. The minimum atomic E-state index is 0.260. The van der Waals surface area contributed by atoms with Crippen LogP contribution in [0.4, 0.5) is 5.82 Å². The summed E-state index contributed by atoms with van der Waals surface area (Å²) in [5.41, 5.74) is 7.53. The molecule has 0 saturated carbocycles. The molecule has 0 bridgehead atoms. The molecule has 0 aliphatic heterocycles. The van der Waals surface area contributed by atoms with Crippen molar-refractivity contribution in [2.24, 2.45) is 7.05 Å². The summed E-state index contributed by atoms with van der Waals surface area (Å²) in [6.07, 6.45) is 1.74. The first-order valence-electron chi connectivity index (χ1n) is 5.20. The van der Waals surface area contributed by atoms with Gasteiger partial charge in [0, 0.05) is 25.2 Å². The van der Waals surface area contributed by atoms with E-state index in [2.05, 4.69) is 15.1 Å². The molecule has 0 aliphatic rings. The predicted molar refractivity (Wildman–Crippen MR) is 62.7 cm³/mol. The van der Waals surface area contributed by atoms with E-state index < -0.39 is 0 Å². The number of nitrogens with zero attached hydrogens (tertiary/aromatic N) is 4. The van der Waals surface area contributed by atoms with E-state index in [9.17, 15) is 0 Å². The lowest BCUT2D eigenvalue weighted by Crippen LogP contribution is -2.04. The smallest absolute Gasteiger partial charge is 0.134 e. The Morgan fingerprint density at radius 1 is 1.31 bits per heavy atom. The maximum atomic E-state index is 5.77. The molecule has 16 heavy (non-hydrogen) atoms. The lowest BCUT2D eigenvalue weighted by atomic mass is 10.2. The number of rotatable bonds is 2. The minimum Gasteiger partial charge on any atom is -0.384 e. The third-order valence-corrected chi connectivity index (χ3v) is 2.36. The van der Waals surface area contributed by atoms with Crippen LogP contribution in [0, 0.1) is 0 Å². The van der Waals surface area contributed by atoms with Crippen LogP contribution < -0.4 is 5.73 Å². The predicted octanol–water partition coefficient (Wildman–Crippen LogP) is 1.58. The van der Waals surface area contributed by atoms with Gasteiger partial charge in [-0.3, -0.25) is 4.68 Å². The van der Waals surface area contributed by atoms with Crippen molar-refractivity contribution in [1.29, 1.82) is 0 Å². The molecular weight excluding hydrogens is 202 g/mol. The van der Waals surface area contributed by atoms with Crippen molar-refractivity contribution in [3.05, 3.63) is 24.2 Å². The summed E-state index contributed by atoms with van der Waals surface area (Å²) in [6.45, 7) is 4.09. The quantitative estimate of drug-likeness (QED) is 0.829. The first kappa shape index (κ1) is 10.6. The van der Waals surface area contributed by atoms with Crippen molar-refractivity contribution in [3.63, 3.8) is 0 Å². The van der Waals surface area contributed by atoms with Crippen LogP contribution in [0.25, 0.3) is 11.4 Å². The van der Waals surface area contributed by atoms with Crippen molar-refractivity contribution < 1.29 is 0 Å². The van der Waals surface area contributed by atoms with Crippen LogP contribution in [0.15, 0.2) is 18.3 Å². The maximum Gasteiger partial charge on any atom is 0.134 e. The zero-order valence-corrected chi connectivity index (χ0v) is 9.68. The number of anilines is 1. The minimum absolute atomic E-state index is 0.260. The van der Waals surface area contributed by atoms with Crippen molar-refractivity contribution in [2.45, 2.75) is 19.8 Å². The molecule has 0 radical (unpaired) electrons. The second-order valence-corrected chi connectivity index (χ2v) is 4.03. The molecule has 5 nitrogen and oxygen atoms in total. The lowest BCUT2D eigenvalue weighted by molar-refractivity contribution is 0.757. The molecule has 0 aromatic carbocycles. The normalized spacial score (nSPS) is 11.0. The Morgan fingerprint density at radius 2 is 2.06 bits per heavy atom. The van der Waals surface area contributed by atoms with E-state index >= 15 is 0 Å². The lowest BCUT2D eigenvalue weighted by Gasteiger charge is -2.08. The molecule has 0 aliphatic carbocycles. The highest BCUT2D eigenvalue weighted by Crippen LogP contribution is 2.20. The van der Waals surface area contributed by atoms with Crippen LogP contribution in [0.5, 0.6) is 0 Å². The largest absolute Gasteiger partial charge is 0.384 e. The van der Waals surface area contributed by atoms with Crippen molar-refractivity contribution in [3.8, 4) is 11.4 Å². The molecule has 2 aromatic heterocycles. The van der Waals surface area contributed by atoms with E-state index in [1.807, 2.05) is 27.0 Å². The summed E-state index contributed by atoms with van der Waals surface area (Å²) < 4.78 is 1.77. The van der Waals surface area contributed by atoms with Gasteiger partial charge in [-0.25, -0.2) is 9.97 Å². The molecule has 0 spiro atoms. The summed E-state index contributed by atoms with van der Waals surface area (Å²) in [5, 5.41) is 4.11. The van der Waals surface area contributed by atoms with Gasteiger partial charge < -0.3 is 5.73 Å². The Hall–Kier alpha value is -1.91. The molecule has 2 N–H and O–H groups in total. The van der Waals surface area contributed by atoms with Gasteiger partial charge in [0.15, 0.2) is 0 Å². The van der Waals surface area contributed by atoms with E-state index in [1.54, 1.807) is 16.9 Å². The van der Waals surface area contributed by atoms with E-state index in [0.29, 0.717) is 5.82 Å². The maximum absolute atomic E-state index is 5.77. The molecule has 0 amide bonds.